The van der Waals surface area contributed by atoms with E-state index in [4.69, 9.17) is 5.11 Å². The number of rotatable bonds is 8. The fourth-order valence-corrected chi connectivity index (χ4v) is 2.51. The van der Waals surface area contributed by atoms with Crippen molar-refractivity contribution in [2.45, 2.75) is 58.3 Å². The van der Waals surface area contributed by atoms with Gasteiger partial charge < -0.3 is 15.7 Å². The smallest absolute Gasteiger partial charge is 0.318 e. The predicted molar refractivity (Wildman–Crippen MR) is 78.4 cm³/mol. The van der Waals surface area contributed by atoms with Gasteiger partial charge in [0.2, 0.25) is 0 Å². The SMILES string of the molecule is C/C(=C\NC(=O)NCCCCCC(=O)O)C1CCCC1. The van der Waals surface area contributed by atoms with E-state index in [1.807, 2.05) is 6.20 Å². The first-order valence-corrected chi connectivity index (χ1v) is 7.52. The van der Waals surface area contributed by atoms with Crippen molar-refractivity contribution in [3.8, 4) is 0 Å². The van der Waals surface area contributed by atoms with Gasteiger partial charge in [0.15, 0.2) is 0 Å². The Morgan fingerprint density at radius 3 is 2.55 bits per heavy atom. The lowest BCUT2D eigenvalue weighted by Gasteiger charge is -2.10. The monoisotopic (exact) mass is 282 g/mol. The molecule has 1 aliphatic rings. The summed E-state index contributed by atoms with van der Waals surface area (Å²) in [5, 5.41) is 14.0. The van der Waals surface area contributed by atoms with Crippen molar-refractivity contribution in [2.75, 3.05) is 6.54 Å². The standard InChI is InChI=1S/C15H26N2O3/c1-12(13-7-4-5-8-13)11-17-15(20)16-10-6-2-3-9-14(18)19/h11,13H,2-10H2,1H3,(H,18,19)(H2,16,17,20)/b12-11+. The molecule has 5 nitrogen and oxygen atoms in total. The summed E-state index contributed by atoms with van der Waals surface area (Å²) in [6, 6.07) is -0.180. The molecule has 20 heavy (non-hydrogen) atoms. The zero-order valence-electron chi connectivity index (χ0n) is 12.3. The molecule has 0 heterocycles. The van der Waals surface area contributed by atoms with Crippen molar-refractivity contribution in [3.05, 3.63) is 11.8 Å². The number of amides is 2. The molecule has 0 unspecified atom stereocenters. The normalized spacial score (nSPS) is 16.1. The van der Waals surface area contributed by atoms with Crippen molar-refractivity contribution >= 4 is 12.0 Å². The first kappa shape index (κ1) is 16.5. The van der Waals surface area contributed by atoms with Gasteiger partial charge in [-0.25, -0.2) is 4.79 Å². The average Bonchev–Trinajstić information content (AvgIpc) is 2.93. The first-order valence-electron chi connectivity index (χ1n) is 7.52. The van der Waals surface area contributed by atoms with Crippen LogP contribution in [0.5, 0.6) is 0 Å². The van der Waals surface area contributed by atoms with E-state index in [1.165, 1.54) is 31.3 Å². The minimum atomic E-state index is -0.761. The minimum Gasteiger partial charge on any atom is -0.481 e. The zero-order chi connectivity index (χ0) is 14.8. The van der Waals surface area contributed by atoms with E-state index in [0.717, 1.165) is 12.8 Å². The van der Waals surface area contributed by atoms with Gasteiger partial charge in [0.1, 0.15) is 0 Å². The van der Waals surface area contributed by atoms with Gasteiger partial charge >= 0.3 is 12.0 Å². The molecular weight excluding hydrogens is 256 g/mol. The highest BCUT2D eigenvalue weighted by Gasteiger charge is 2.16. The van der Waals surface area contributed by atoms with Gasteiger partial charge in [-0.15, -0.1) is 0 Å². The quantitative estimate of drug-likeness (QED) is 0.599. The first-order chi connectivity index (χ1) is 9.59. The largest absolute Gasteiger partial charge is 0.481 e. The maximum Gasteiger partial charge on any atom is 0.318 e. The summed E-state index contributed by atoms with van der Waals surface area (Å²) in [7, 11) is 0. The van der Waals surface area contributed by atoms with E-state index in [9.17, 15) is 9.59 Å². The van der Waals surface area contributed by atoms with Crippen LogP contribution < -0.4 is 10.6 Å². The summed E-state index contributed by atoms with van der Waals surface area (Å²) in [5.41, 5.74) is 1.25. The average molecular weight is 282 g/mol. The van der Waals surface area contributed by atoms with Gasteiger partial charge in [0.25, 0.3) is 0 Å². The number of hydrogen-bond acceptors (Lipinski definition) is 2. The third-order valence-electron chi connectivity index (χ3n) is 3.78. The molecule has 2 amide bonds. The molecule has 0 spiro atoms. The maximum absolute atomic E-state index is 11.5. The summed E-state index contributed by atoms with van der Waals surface area (Å²) in [6.45, 7) is 2.66. The van der Waals surface area contributed by atoms with E-state index in [-0.39, 0.29) is 12.5 Å². The molecule has 0 aromatic heterocycles. The number of aliphatic carboxylic acids is 1. The molecule has 114 valence electrons. The van der Waals surface area contributed by atoms with Crippen LogP contribution in [0.15, 0.2) is 11.8 Å². The fraction of sp³-hybridized carbons (Fsp3) is 0.733. The Bertz CT molecular complexity index is 347. The summed E-state index contributed by atoms with van der Waals surface area (Å²) < 4.78 is 0. The second kappa shape index (κ2) is 9.39. The number of carboxylic acids is 1. The van der Waals surface area contributed by atoms with Crippen molar-refractivity contribution in [1.29, 1.82) is 0 Å². The number of unbranched alkanes of at least 4 members (excludes halogenated alkanes) is 2. The van der Waals surface area contributed by atoms with E-state index in [2.05, 4.69) is 17.6 Å². The lowest BCUT2D eigenvalue weighted by Crippen LogP contribution is -2.33. The molecule has 0 atom stereocenters. The fourth-order valence-electron chi connectivity index (χ4n) is 2.51. The van der Waals surface area contributed by atoms with Crippen LogP contribution in [-0.2, 0) is 4.79 Å². The Morgan fingerprint density at radius 1 is 1.20 bits per heavy atom. The summed E-state index contributed by atoms with van der Waals surface area (Å²) >= 11 is 0. The second-order valence-electron chi connectivity index (χ2n) is 5.47. The predicted octanol–water partition coefficient (Wildman–Crippen LogP) is 3.02. The topological polar surface area (TPSA) is 78.4 Å². The molecule has 3 N–H and O–H groups in total. The van der Waals surface area contributed by atoms with Gasteiger partial charge in [-0.3, -0.25) is 4.79 Å². The highest BCUT2D eigenvalue weighted by molar-refractivity contribution is 5.74. The summed E-state index contributed by atoms with van der Waals surface area (Å²) in [5.74, 6) is -0.130. The lowest BCUT2D eigenvalue weighted by atomic mass is 10.0. The van der Waals surface area contributed by atoms with E-state index in [1.54, 1.807) is 0 Å². The number of carbonyl (C=O) groups excluding carboxylic acids is 1. The van der Waals surface area contributed by atoms with Crippen LogP contribution in [0.3, 0.4) is 0 Å². The molecule has 0 saturated heterocycles. The van der Waals surface area contributed by atoms with Gasteiger partial charge in [0, 0.05) is 19.2 Å². The number of urea groups is 1. The van der Waals surface area contributed by atoms with E-state index in [0.29, 0.717) is 18.9 Å². The Kier molecular flexibility index (Phi) is 7.77. The van der Waals surface area contributed by atoms with Crippen LogP contribution >= 0.6 is 0 Å². The van der Waals surface area contributed by atoms with Crippen LogP contribution in [0.25, 0.3) is 0 Å². The van der Waals surface area contributed by atoms with Crippen LogP contribution in [0.4, 0.5) is 4.79 Å². The highest BCUT2D eigenvalue weighted by atomic mass is 16.4. The molecule has 0 bridgehead atoms. The van der Waals surface area contributed by atoms with Crippen molar-refractivity contribution in [1.82, 2.24) is 10.6 Å². The molecule has 1 aliphatic carbocycles. The molecule has 1 fully saturated rings. The van der Waals surface area contributed by atoms with Gasteiger partial charge in [-0.05, 0) is 38.5 Å². The van der Waals surface area contributed by atoms with Crippen LogP contribution in [0.1, 0.15) is 58.3 Å². The molecule has 0 aliphatic heterocycles. The Labute approximate surface area is 120 Å². The molecule has 5 heteroatoms. The van der Waals surface area contributed by atoms with E-state index >= 15 is 0 Å². The van der Waals surface area contributed by atoms with Gasteiger partial charge in [-0.1, -0.05) is 24.8 Å². The van der Waals surface area contributed by atoms with Gasteiger partial charge in [0.05, 0.1) is 0 Å². The molecule has 1 rings (SSSR count). The molecule has 0 radical (unpaired) electrons. The van der Waals surface area contributed by atoms with Crippen LogP contribution in [-0.4, -0.2) is 23.7 Å². The molecule has 0 aromatic rings. The number of nitrogens with one attached hydrogen (secondary N) is 2. The van der Waals surface area contributed by atoms with E-state index < -0.39 is 5.97 Å². The van der Waals surface area contributed by atoms with Crippen molar-refractivity contribution in [3.63, 3.8) is 0 Å². The van der Waals surface area contributed by atoms with Crippen molar-refractivity contribution < 1.29 is 14.7 Å². The Hall–Kier alpha value is -1.52. The third-order valence-corrected chi connectivity index (χ3v) is 3.78. The number of hydrogen-bond donors (Lipinski definition) is 3. The third kappa shape index (κ3) is 7.16. The molecule has 0 aromatic carbocycles. The Morgan fingerprint density at radius 2 is 1.90 bits per heavy atom. The zero-order valence-corrected chi connectivity index (χ0v) is 12.3. The maximum atomic E-state index is 11.5. The number of carboxylic acid groups (broad SMARTS) is 1. The van der Waals surface area contributed by atoms with Crippen LogP contribution in [0, 0.1) is 5.92 Å². The minimum absolute atomic E-state index is 0.180. The second-order valence-corrected chi connectivity index (χ2v) is 5.47. The van der Waals surface area contributed by atoms with Crippen LogP contribution in [0.2, 0.25) is 0 Å². The summed E-state index contributed by atoms with van der Waals surface area (Å²) in [4.78, 5) is 21.9. The number of allylic oxidation sites excluding steroid dienone is 1. The highest BCUT2D eigenvalue weighted by Crippen LogP contribution is 2.30. The Balaban J connectivity index is 2.05. The summed E-state index contributed by atoms with van der Waals surface area (Å²) in [6.07, 6.45) is 9.36. The lowest BCUT2D eigenvalue weighted by molar-refractivity contribution is -0.137. The molecule has 1 saturated carbocycles. The number of carbonyl (C=O) groups is 2. The van der Waals surface area contributed by atoms with Crippen molar-refractivity contribution in [2.24, 2.45) is 5.92 Å². The molecular formula is C15H26N2O3. The van der Waals surface area contributed by atoms with Gasteiger partial charge in [-0.2, -0.15) is 0 Å².